The smallest absolute Gasteiger partial charge is 0.207 e. The Morgan fingerprint density at radius 1 is 1.35 bits per heavy atom. The van der Waals surface area contributed by atoms with E-state index in [0.29, 0.717) is 36.7 Å². The van der Waals surface area contributed by atoms with Gasteiger partial charge in [0.1, 0.15) is 6.61 Å². The fraction of sp³-hybridized carbons (Fsp3) is 0.643. The number of nitrogens with two attached hydrogens (primary N) is 1. The monoisotopic (exact) mass is 278 g/mol. The van der Waals surface area contributed by atoms with Crippen molar-refractivity contribution in [2.24, 2.45) is 5.73 Å². The molecule has 1 aromatic heterocycles. The molecule has 0 radical (unpaired) electrons. The van der Waals surface area contributed by atoms with E-state index in [0.717, 1.165) is 18.7 Å². The van der Waals surface area contributed by atoms with E-state index >= 15 is 0 Å². The number of hydrogen-bond acceptors (Lipinski definition) is 5. The van der Waals surface area contributed by atoms with Gasteiger partial charge >= 0.3 is 0 Å². The predicted molar refractivity (Wildman–Crippen MR) is 73.5 cm³/mol. The molecular weight excluding hydrogens is 259 g/mol. The molecule has 1 aromatic rings. The van der Waals surface area contributed by atoms with Gasteiger partial charge in [-0.15, -0.1) is 0 Å². The number of anilines is 1. The van der Waals surface area contributed by atoms with E-state index in [-0.39, 0.29) is 11.9 Å². The lowest BCUT2D eigenvalue weighted by Gasteiger charge is -2.34. The Morgan fingerprint density at radius 3 is 2.85 bits per heavy atom. The lowest BCUT2D eigenvalue weighted by atomic mass is 10.1. The van der Waals surface area contributed by atoms with E-state index in [4.69, 9.17) is 10.5 Å². The van der Waals surface area contributed by atoms with Gasteiger partial charge < -0.3 is 20.7 Å². The summed E-state index contributed by atoms with van der Waals surface area (Å²) in [6.07, 6.45) is 4.68. The second-order valence-electron chi connectivity index (χ2n) is 6.07. The molecule has 3 atom stereocenters. The van der Waals surface area contributed by atoms with Crippen molar-refractivity contribution >= 4 is 5.82 Å². The minimum Gasteiger partial charge on any atom is -0.488 e. The van der Waals surface area contributed by atoms with Crippen molar-refractivity contribution in [1.82, 2.24) is 10.3 Å². The fourth-order valence-electron chi connectivity index (χ4n) is 3.52. The molecule has 2 bridgehead atoms. The zero-order chi connectivity index (χ0) is 13.7. The quantitative estimate of drug-likeness (QED) is 0.780. The Labute approximate surface area is 117 Å². The minimum atomic E-state index is -0.323. The maximum atomic E-state index is 14.7. The first kappa shape index (κ1) is 12.3. The van der Waals surface area contributed by atoms with Crippen LogP contribution >= 0.6 is 0 Å². The van der Waals surface area contributed by atoms with Crippen LogP contribution in [-0.2, 0) is 6.42 Å². The topological polar surface area (TPSA) is 63.4 Å². The van der Waals surface area contributed by atoms with E-state index in [1.165, 1.54) is 12.8 Å². The van der Waals surface area contributed by atoms with Crippen molar-refractivity contribution in [2.45, 2.75) is 37.4 Å². The largest absolute Gasteiger partial charge is 0.488 e. The number of nitrogens with zero attached hydrogens (tertiary/aromatic N) is 2. The van der Waals surface area contributed by atoms with Crippen molar-refractivity contribution in [3.8, 4) is 5.75 Å². The molecule has 0 saturated carbocycles. The summed E-state index contributed by atoms with van der Waals surface area (Å²) in [6, 6.07) is 0.852. The Hall–Kier alpha value is -1.40. The van der Waals surface area contributed by atoms with E-state index in [1.54, 1.807) is 6.20 Å². The second-order valence-corrected chi connectivity index (χ2v) is 6.07. The third-order valence-electron chi connectivity index (χ3n) is 4.47. The first-order valence-electron chi connectivity index (χ1n) is 7.27. The first-order valence-corrected chi connectivity index (χ1v) is 7.27. The maximum absolute atomic E-state index is 14.7. The van der Waals surface area contributed by atoms with Crippen LogP contribution in [0.2, 0.25) is 0 Å². The molecule has 2 fully saturated rings. The number of aromatic nitrogens is 1. The Bertz CT molecular complexity index is 526. The number of rotatable bonds is 1. The number of ether oxygens (including phenoxy) is 1. The van der Waals surface area contributed by atoms with Gasteiger partial charge in [-0.25, -0.2) is 4.98 Å². The van der Waals surface area contributed by atoms with Crippen LogP contribution in [0.4, 0.5) is 10.2 Å². The van der Waals surface area contributed by atoms with Crippen molar-refractivity contribution in [1.29, 1.82) is 0 Å². The Kier molecular flexibility index (Phi) is 2.82. The summed E-state index contributed by atoms with van der Waals surface area (Å²) < 4.78 is 20.1. The molecular formula is C14H19FN4O. The van der Waals surface area contributed by atoms with E-state index < -0.39 is 0 Å². The van der Waals surface area contributed by atoms with E-state index in [1.807, 2.05) is 4.90 Å². The summed E-state index contributed by atoms with van der Waals surface area (Å²) in [5.41, 5.74) is 6.61. The van der Waals surface area contributed by atoms with Gasteiger partial charge in [0.25, 0.3) is 0 Å². The van der Waals surface area contributed by atoms with Gasteiger partial charge in [0.2, 0.25) is 5.82 Å². The summed E-state index contributed by atoms with van der Waals surface area (Å²) in [7, 11) is 0. The van der Waals surface area contributed by atoms with Gasteiger partial charge in [0.05, 0.1) is 0 Å². The molecule has 0 amide bonds. The van der Waals surface area contributed by atoms with Crippen LogP contribution in [0.1, 0.15) is 18.4 Å². The van der Waals surface area contributed by atoms with Gasteiger partial charge in [-0.05, 0) is 19.3 Å². The zero-order valence-corrected chi connectivity index (χ0v) is 11.3. The van der Waals surface area contributed by atoms with Crippen LogP contribution in [0.3, 0.4) is 0 Å². The number of hydrogen-bond donors (Lipinski definition) is 2. The molecule has 108 valence electrons. The van der Waals surface area contributed by atoms with Crippen molar-refractivity contribution < 1.29 is 9.13 Å². The van der Waals surface area contributed by atoms with Gasteiger partial charge in [-0.2, -0.15) is 4.39 Å². The second kappa shape index (κ2) is 4.56. The summed E-state index contributed by atoms with van der Waals surface area (Å²) >= 11 is 0. The molecule has 0 spiro atoms. The third-order valence-corrected chi connectivity index (χ3v) is 4.47. The molecule has 20 heavy (non-hydrogen) atoms. The van der Waals surface area contributed by atoms with Gasteiger partial charge in [0.15, 0.2) is 11.6 Å². The average molecular weight is 278 g/mol. The molecule has 3 N–H and O–H groups in total. The van der Waals surface area contributed by atoms with Crippen LogP contribution in [0.5, 0.6) is 5.75 Å². The number of nitrogens with one attached hydrogen (secondary N) is 1. The van der Waals surface area contributed by atoms with Crippen molar-refractivity contribution in [3.05, 3.63) is 17.6 Å². The zero-order valence-electron chi connectivity index (χ0n) is 11.3. The highest BCUT2D eigenvalue weighted by Crippen LogP contribution is 2.34. The van der Waals surface area contributed by atoms with Gasteiger partial charge in [-0.3, -0.25) is 0 Å². The molecule has 3 aliphatic rings. The summed E-state index contributed by atoms with van der Waals surface area (Å²) in [4.78, 5) is 6.38. The van der Waals surface area contributed by atoms with Gasteiger partial charge in [0, 0.05) is 43.0 Å². The highest BCUT2D eigenvalue weighted by Gasteiger charge is 2.35. The average Bonchev–Trinajstić information content (AvgIpc) is 2.77. The first-order chi connectivity index (χ1) is 9.70. The Balaban J connectivity index is 1.66. The molecule has 0 aromatic carbocycles. The number of fused-ring (bicyclic) bond motifs is 3. The van der Waals surface area contributed by atoms with E-state index in [9.17, 15) is 4.39 Å². The highest BCUT2D eigenvalue weighted by molar-refractivity contribution is 5.51. The number of piperazine rings is 1. The lowest BCUT2D eigenvalue weighted by Crippen LogP contribution is -2.51. The van der Waals surface area contributed by atoms with Gasteiger partial charge in [-0.1, -0.05) is 0 Å². The molecule has 2 unspecified atom stereocenters. The van der Waals surface area contributed by atoms with Crippen LogP contribution in [-0.4, -0.2) is 42.8 Å². The normalized spacial score (nSPS) is 31.9. The Morgan fingerprint density at radius 2 is 2.10 bits per heavy atom. The van der Waals surface area contributed by atoms with Crippen LogP contribution in [0.15, 0.2) is 6.20 Å². The lowest BCUT2D eigenvalue weighted by molar-refractivity contribution is 0.250. The van der Waals surface area contributed by atoms with Crippen LogP contribution in [0.25, 0.3) is 0 Å². The van der Waals surface area contributed by atoms with Crippen molar-refractivity contribution in [2.75, 3.05) is 24.6 Å². The number of pyridine rings is 1. The molecule has 3 aliphatic heterocycles. The third kappa shape index (κ3) is 1.94. The fourth-order valence-corrected chi connectivity index (χ4v) is 3.52. The summed E-state index contributed by atoms with van der Waals surface area (Å²) in [5.74, 6) is 0.455. The van der Waals surface area contributed by atoms with Crippen LogP contribution in [0, 0.1) is 5.82 Å². The van der Waals surface area contributed by atoms with Crippen LogP contribution < -0.4 is 20.7 Å². The summed E-state index contributed by atoms with van der Waals surface area (Å²) in [5, 5.41) is 3.54. The minimum absolute atomic E-state index is 0.0652. The van der Waals surface area contributed by atoms with Crippen molar-refractivity contribution in [3.63, 3.8) is 0 Å². The summed E-state index contributed by atoms with van der Waals surface area (Å²) in [6.45, 7) is 2.01. The highest BCUT2D eigenvalue weighted by atomic mass is 19.1. The molecule has 6 heteroatoms. The molecule has 4 heterocycles. The van der Waals surface area contributed by atoms with E-state index in [2.05, 4.69) is 10.3 Å². The molecule has 4 rings (SSSR count). The molecule has 0 aliphatic carbocycles. The SMILES string of the molecule is N[C@H]1COc2c(cnc(N3CC4CCC(C3)N4)c2F)C1. The predicted octanol–water partition coefficient (Wildman–Crippen LogP) is 0.423. The standard InChI is InChI=1S/C14H19FN4O/c15-12-13-8(3-9(16)7-20-13)4-17-14(12)19-5-10-1-2-11(6-19)18-10/h4,9-11,18H,1-3,5-7,16H2/t9-,10?,11?/m1/s1. The molecule has 5 nitrogen and oxygen atoms in total. The number of halogens is 1. The molecule has 2 saturated heterocycles. The maximum Gasteiger partial charge on any atom is 0.207 e.